The molecular weight excluding hydrogens is 272 g/mol. The highest BCUT2D eigenvalue weighted by atomic mass is 32.1. The minimum Gasteiger partial charge on any atom is -0.477 e. The first-order chi connectivity index (χ1) is 9.08. The molecule has 0 aromatic carbocycles. The summed E-state index contributed by atoms with van der Waals surface area (Å²) >= 11 is 1.06. The molecule has 1 amide bonds. The zero-order chi connectivity index (χ0) is 13.8. The van der Waals surface area contributed by atoms with Crippen molar-refractivity contribution in [2.75, 3.05) is 19.8 Å². The van der Waals surface area contributed by atoms with Crippen molar-refractivity contribution < 1.29 is 24.2 Å². The summed E-state index contributed by atoms with van der Waals surface area (Å²) in [7, 11) is 0. The second-order valence-corrected chi connectivity index (χ2v) is 5.06. The Morgan fingerprint density at radius 1 is 1.53 bits per heavy atom. The van der Waals surface area contributed by atoms with Gasteiger partial charge in [0, 0.05) is 0 Å². The Kier molecular flexibility index (Phi) is 4.46. The van der Waals surface area contributed by atoms with Crippen molar-refractivity contribution in [2.24, 2.45) is 0 Å². The highest BCUT2D eigenvalue weighted by Crippen LogP contribution is 2.17. The predicted octanol–water partition coefficient (Wildman–Crippen LogP) is 0.181. The average molecular weight is 286 g/mol. The molecule has 1 aromatic rings. The standard InChI is InChI=1S/C11H14N2O5S/c1-6-9(11(15)16)19-8(13-6)4-12-10(14)7-5-17-2-3-18-7/h7H,2-5H2,1H3,(H,12,14)(H,15,16). The minimum atomic E-state index is -1.00. The summed E-state index contributed by atoms with van der Waals surface area (Å²) in [5.41, 5.74) is 0.457. The molecule has 0 aliphatic carbocycles. The molecule has 0 bridgehead atoms. The third-order valence-electron chi connectivity index (χ3n) is 2.56. The Morgan fingerprint density at radius 2 is 2.32 bits per heavy atom. The summed E-state index contributed by atoms with van der Waals surface area (Å²) in [6, 6.07) is 0. The van der Waals surface area contributed by atoms with Crippen LogP contribution in [0.2, 0.25) is 0 Å². The van der Waals surface area contributed by atoms with Crippen LogP contribution in [0.3, 0.4) is 0 Å². The van der Waals surface area contributed by atoms with Crippen LogP contribution in [0, 0.1) is 6.92 Å². The molecule has 2 N–H and O–H groups in total. The molecule has 1 aliphatic heterocycles. The van der Waals surface area contributed by atoms with Gasteiger partial charge in [0.25, 0.3) is 5.91 Å². The third kappa shape index (κ3) is 3.49. The van der Waals surface area contributed by atoms with Crippen molar-refractivity contribution in [1.29, 1.82) is 0 Å². The smallest absolute Gasteiger partial charge is 0.347 e. The number of nitrogens with zero attached hydrogens (tertiary/aromatic N) is 1. The van der Waals surface area contributed by atoms with Gasteiger partial charge in [-0.3, -0.25) is 4.79 Å². The lowest BCUT2D eigenvalue weighted by Crippen LogP contribution is -2.42. The van der Waals surface area contributed by atoms with Gasteiger partial charge in [-0.25, -0.2) is 9.78 Å². The molecule has 1 saturated heterocycles. The number of ether oxygens (including phenoxy) is 2. The molecule has 8 heteroatoms. The number of carboxylic acids is 1. The van der Waals surface area contributed by atoms with Gasteiger partial charge in [0.1, 0.15) is 9.88 Å². The molecule has 1 aliphatic rings. The van der Waals surface area contributed by atoms with Crippen LogP contribution >= 0.6 is 11.3 Å². The molecule has 19 heavy (non-hydrogen) atoms. The van der Waals surface area contributed by atoms with E-state index in [1.165, 1.54) is 0 Å². The van der Waals surface area contributed by atoms with Crippen LogP contribution in [0.25, 0.3) is 0 Å². The molecule has 1 atom stereocenters. The van der Waals surface area contributed by atoms with Gasteiger partial charge in [0.2, 0.25) is 0 Å². The van der Waals surface area contributed by atoms with E-state index in [1.807, 2.05) is 0 Å². The van der Waals surface area contributed by atoms with Crippen LogP contribution in [0.15, 0.2) is 0 Å². The fourth-order valence-electron chi connectivity index (χ4n) is 1.64. The first-order valence-corrected chi connectivity index (χ1v) is 6.56. The van der Waals surface area contributed by atoms with Gasteiger partial charge in [-0.2, -0.15) is 0 Å². The van der Waals surface area contributed by atoms with E-state index < -0.39 is 12.1 Å². The maximum absolute atomic E-state index is 11.7. The largest absolute Gasteiger partial charge is 0.477 e. The number of aromatic nitrogens is 1. The van der Waals surface area contributed by atoms with E-state index in [4.69, 9.17) is 14.6 Å². The third-order valence-corrected chi connectivity index (χ3v) is 3.70. The summed E-state index contributed by atoms with van der Waals surface area (Å²) in [6.07, 6.45) is -0.603. The number of rotatable bonds is 4. The van der Waals surface area contributed by atoms with Crippen molar-refractivity contribution >= 4 is 23.2 Å². The van der Waals surface area contributed by atoms with Gasteiger partial charge >= 0.3 is 5.97 Å². The topological polar surface area (TPSA) is 97.8 Å². The Hall–Kier alpha value is -1.51. The van der Waals surface area contributed by atoms with Crippen LogP contribution in [0.1, 0.15) is 20.4 Å². The summed E-state index contributed by atoms with van der Waals surface area (Å²) in [6.45, 7) is 2.96. The highest BCUT2D eigenvalue weighted by molar-refractivity contribution is 7.13. The first-order valence-electron chi connectivity index (χ1n) is 5.74. The maximum Gasteiger partial charge on any atom is 0.347 e. The van der Waals surface area contributed by atoms with Gasteiger partial charge in [0.05, 0.1) is 32.1 Å². The molecular formula is C11H14N2O5S. The van der Waals surface area contributed by atoms with Gasteiger partial charge < -0.3 is 19.9 Å². The Bertz CT molecular complexity index is 481. The minimum absolute atomic E-state index is 0.192. The lowest BCUT2D eigenvalue weighted by Gasteiger charge is -2.21. The number of carboxylic acid groups (broad SMARTS) is 1. The zero-order valence-electron chi connectivity index (χ0n) is 10.3. The number of hydrogen-bond acceptors (Lipinski definition) is 6. The monoisotopic (exact) mass is 286 g/mol. The number of nitrogens with one attached hydrogen (secondary N) is 1. The van der Waals surface area contributed by atoms with E-state index in [-0.39, 0.29) is 23.9 Å². The maximum atomic E-state index is 11.7. The van der Waals surface area contributed by atoms with Crippen molar-refractivity contribution in [3.05, 3.63) is 15.6 Å². The van der Waals surface area contributed by atoms with Crippen LogP contribution in [-0.2, 0) is 20.8 Å². The van der Waals surface area contributed by atoms with Crippen molar-refractivity contribution in [2.45, 2.75) is 19.6 Å². The van der Waals surface area contributed by atoms with E-state index in [1.54, 1.807) is 6.92 Å². The number of carbonyl (C=O) groups excluding carboxylic acids is 1. The van der Waals surface area contributed by atoms with E-state index in [2.05, 4.69) is 10.3 Å². The molecule has 1 unspecified atom stereocenters. The van der Waals surface area contributed by atoms with Gasteiger partial charge in [-0.15, -0.1) is 11.3 Å². The lowest BCUT2D eigenvalue weighted by atomic mass is 10.3. The van der Waals surface area contributed by atoms with E-state index in [9.17, 15) is 9.59 Å². The fourth-order valence-corrected chi connectivity index (χ4v) is 2.49. The molecule has 2 heterocycles. The van der Waals surface area contributed by atoms with Crippen molar-refractivity contribution in [1.82, 2.24) is 10.3 Å². The number of aryl methyl sites for hydroxylation is 1. The Balaban J connectivity index is 1.89. The predicted molar refractivity (Wildman–Crippen MR) is 66.2 cm³/mol. The van der Waals surface area contributed by atoms with Crippen LogP contribution in [0.4, 0.5) is 0 Å². The quantitative estimate of drug-likeness (QED) is 0.819. The molecule has 0 radical (unpaired) electrons. The lowest BCUT2D eigenvalue weighted by molar-refractivity contribution is -0.147. The number of thiazole rings is 1. The van der Waals surface area contributed by atoms with Crippen LogP contribution in [0.5, 0.6) is 0 Å². The Morgan fingerprint density at radius 3 is 2.89 bits per heavy atom. The van der Waals surface area contributed by atoms with E-state index in [0.717, 1.165) is 11.3 Å². The van der Waals surface area contributed by atoms with Crippen LogP contribution in [-0.4, -0.2) is 47.9 Å². The van der Waals surface area contributed by atoms with E-state index in [0.29, 0.717) is 23.9 Å². The summed E-state index contributed by atoms with van der Waals surface area (Å²) < 4.78 is 10.4. The number of hydrogen-bond donors (Lipinski definition) is 2. The molecule has 0 spiro atoms. The number of carbonyl (C=O) groups is 2. The SMILES string of the molecule is Cc1nc(CNC(=O)C2COCCO2)sc1C(=O)O. The highest BCUT2D eigenvalue weighted by Gasteiger charge is 2.23. The zero-order valence-corrected chi connectivity index (χ0v) is 11.2. The molecule has 1 fully saturated rings. The van der Waals surface area contributed by atoms with Gasteiger partial charge in [-0.05, 0) is 6.92 Å². The Labute approximate surface area is 113 Å². The molecule has 2 rings (SSSR count). The first kappa shape index (κ1) is 13.9. The number of aromatic carboxylic acids is 1. The summed E-state index contributed by atoms with van der Waals surface area (Å²) in [4.78, 5) is 26.9. The van der Waals surface area contributed by atoms with Crippen molar-refractivity contribution in [3.63, 3.8) is 0 Å². The summed E-state index contributed by atoms with van der Waals surface area (Å²) in [5, 5.41) is 12.1. The van der Waals surface area contributed by atoms with Crippen molar-refractivity contribution in [3.8, 4) is 0 Å². The molecule has 0 saturated carbocycles. The second kappa shape index (κ2) is 6.09. The van der Waals surface area contributed by atoms with Gasteiger partial charge in [0.15, 0.2) is 6.10 Å². The molecule has 1 aromatic heterocycles. The number of amides is 1. The van der Waals surface area contributed by atoms with E-state index >= 15 is 0 Å². The summed E-state index contributed by atoms with van der Waals surface area (Å²) in [5.74, 6) is -1.28. The fraction of sp³-hybridized carbons (Fsp3) is 0.545. The average Bonchev–Trinajstić information content (AvgIpc) is 2.78. The van der Waals surface area contributed by atoms with Crippen LogP contribution < -0.4 is 5.32 Å². The normalized spacial score (nSPS) is 19.1. The second-order valence-electron chi connectivity index (χ2n) is 3.98. The van der Waals surface area contributed by atoms with Gasteiger partial charge in [-0.1, -0.05) is 0 Å². The molecule has 7 nitrogen and oxygen atoms in total. The molecule has 104 valence electrons.